The molecule has 18 heteroatoms. The number of aromatic nitrogens is 7. The molecule has 61 heavy (non-hydrogen) atoms. The Hall–Kier alpha value is -5.53. The molecule has 0 saturated carbocycles. The summed E-state index contributed by atoms with van der Waals surface area (Å²) in [5, 5.41) is 14.1. The van der Waals surface area contributed by atoms with Gasteiger partial charge in [0, 0.05) is 38.2 Å². The van der Waals surface area contributed by atoms with Crippen LogP contribution in [0.4, 0.5) is 16.0 Å². The second kappa shape index (κ2) is 25.3. The number of carbonyl (C=O) groups is 1. The molecule has 0 radical (unpaired) electrons. The number of carbonyl (C=O) groups excluding carboxylic acids is 1. The number of aliphatic imine (C=N–C) groups is 1. The first-order chi connectivity index (χ1) is 29.8. The number of ether oxygens (including phenoxy) is 5. The fraction of sp³-hybridized carbons (Fsp3) is 0.488. The van der Waals surface area contributed by atoms with Gasteiger partial charge in [0.1, 0.15) is 34.9 Å². The largest absolute Gasteiger partial charge is 0.379 e. The molecule has 3 aromatic heterocycles. The monoisotopic (exact) mass is 844 g/mol. The molecule has 4 heterocycles. The Kier molecular flexibility index (Phi) is 19.3. The average Bonchev–Trinajstić information content (AvgIpc) is 3.95. The lowest BCUT2D eigenvalue weighted by atomic mass is 10.1. The summed E-state index contributed by atoms with van der Waals surface area (Å²) in [7, 11) is 1.61. The van der Waals surface area contributed by atoms with Gasteiger partial charge in [-0.05, 0) is 43.0 Å². The number of aryl methyl sites for hydroxylation is 1. The van der Waals surface area contributed by atoms with Gasteiger partial charge >= 0.3 is 0 Å². The molecule has 0 spiro atoms. The molecule has 17 nitrogen and oxygen atoms in total. The standard InChI is InChI=1S/C23H19FN6O.C20H38N4O6/c1-2-17(28-21-15-11-12-25-20(15)26-13-27-21)22-29-18-10-6-9-16(24)19(18)23(31)30(22)14-7-4-3-5-8-14;1-18(2)4-6-24-16-19(22-23-24)17-30-15-14-29-13-12-28-11-10-27-9-8-26-7-5-20(25)21-3/h3-10,12-13,17H,2,11H2,1H3,(H,26,27,28);16,18H,4-15,17H2,1-3H3,(H,21,25)/t17-;/m0./s1. The summed E-state index contributed by atoms with van der Waals surface area (Å²) in [6.45, 7) is 12.1. The number of hydrogen-bond acceptors (Lipinski definition) is 14. The molecule has 0 aliphatic carbocycles. The quantitative estimate of drug-likeness (QED) is 0.0732. The summed E-state index contributed by atoms with van der Waals surface area (Å²) in [6.07, 6.45) is 7.89. The number of hydrogen-bond donors (Lipinski definition) is 2. The number of halogens is 1. The molecular weight excluding hydrogens is 788 g/mol. The Labute approximate surface area is 355 Å². The van der Waals surface area contributed by atoms with Crippen molar-refractivity contribution >= 4 is 34.7 Å². The van der Waals surface area contributed by atoms with Gasteiger partial charge in [0.05, 0.1) is 89.5 Å². The van der Waals surface area contributed by atoms with Crippen molar-refractivity contribution in [2.75, 3.05) is 71.8 Å². The van der Waals surface area contributed by atoms with Crippen LogP contribution < -0.4 is 16.2 Å². The normalized spacial score (nSPS) is 12.4. The number of benzene rings is 2. The summed E-state index contributed by atoms with van der Waals surface area (Å²) >= 11 is 0. The minimum Gasteiger partial charge on any atom is -0.379 e. The lowest BCUT2D eigenvalue weighted by Crippen LogP contribution is -2.29. The maximum atomic E-state index is 14.6. The van der Waals surface area contributed by atoms with Crippen molar-refractivity contribution in [3.05, 3.63) is 94.3 Å². The van der Waals surface area contributed by atoms with E-state index in [1.54, 1.807) is 25.4 Å². The number of nitrogens with zero attached hydrogens (tertiary/aromatic N) is 8. The third kappa shape index (κ3) is 14.6. The van der Waals surface area contributed by atoms with Crippen LogP contribution in [-0.2, 0) is 48.1 Å². The van der Waals surface area contributed by atoms with Crippen molar-refractivity contribution in [2.45, 2.75) is 65.6 Å². The van der Waals surface area contributed by atoms with Gasteiger partial charge in [-0.2, -0.15) is 0 Å². The molecule has 0 fully saturated rings. The van der Waals surface area contributed by atoms with Crippen LogP contribution in [0.1, 0.15) is 63.2 Å². The molecule has 1 atom stereocenters. The molecule has 1 amide bonds. The van der Waals surface area contributed by atoms with Crippen molar-refractivity contribution in [3.8, 4) is 5.69 Å². The van der Waals surface area contributed by atoms with Crippen molar-refractivity contribution < 1.29 is 32.9 Å². The Bertz CT molecular complexity index is 2180. The van der Waals surface area contributed by atoms with E-state index in [-0.39, 0.29) is 17.3 Å². The lowest BCUT2D eigenvalue weighted by Gasteiger charge is -2.23. The number of fused-ring (bicyclic) bond motifs is 2. The number of para-hydroxylation sites is 1. The zero-order valence-corrected chi connectivity index (χ0v) is 35.4. The van der Waals surface area contributed by atoms with E-state index in [0.717, 1.165) is 24.2 Å². The second-order valence-electron chi connectivity index (χ2n) is 14.3. The van der Waals surface area contributed by atoms with Crippen LogP contribution in [-0.4, -0.2) is 113 Å². The van der Waals surface area contributed by atoms with E-state index in [1.165, 1.54) is 17.0 Å². The van der Waals surface area contributed by atoms with Crippen LogP contribution >= 0.6 is 0 Å². The van der Waals surface area contributed by atoms with E-state index in [4.69, 9.17) is 28.7 Å². The van der Waals surface area contributed by atoms with Crippen LogP contribution in [0.2, 0.25) is 0 Å². The first-order valence-electron chi connectivity index (χ1n) is 20.7. The highest BCUT2D eigenvalue weighted by Crippen LogP contribution is 2.30. The highest BCUT2D eigenvalue weighted by atomic mass is 19.1. The van der Waals surface area contributed by atoms with E-state index in [2.05, 4.69) is 49.8 Å². The predicted molar refractivity (Wildman–Crippen MR) is 229 cm³/mol. The molecule has 0 bridgehead atoms. The Morgan fingerprint density at radius 3 is 2.25 bits per heavy atom. The predicted octanol–water partition coefficient (Wildman–Crippen LogP) is 5.18. The molecule has 328 valence electrons. The number of rotatable bonds is 25. The lowest BCUT2D eigenvalue weighted by molar-refractivity contribution is -0.121. The number of amides is 1. The van der Waals surface area contributed by atoms with E-state index in [9.17, 15) is 14.0 Å². The molecule has 0 unspecified atom stereocenters. The van der Waals surface area contributed by atoms with Crippen LogP contribution in [0.25, 0.3) is 16.6 Å². The van der Waals surface area contributed by atoms with Gasteiger partial charge in [0.25, 0.3) is 5.56 Å². The van der Waals surface area contributed by atoms with Crippen LogP contribution in [0.3, 0.4) is 0 Å². The van der Waals surface area contributed by atoms with Crippen molar-refractivity contribution in [1.82, 2.24) is 39.8 Å². The maximum Gasteiger partial charge on any atom is 0.269 e. The fourth-order valence-electron chi connectivity index (χ4n) is 6.08. The zero-order chi connectivity index (χ0) is 43.2. The van der Waals surface area contributed by atoms with Crippen molar-refractivity contribution in [3.63, 3.8) is 0 Å². The van der Waals surface area contributed by atoms with E-state index in [1.807, 2.05) is 48.1 Å². The smallest absolute Gasteiger partial charge is 0.269 e. The van der Waals surface area contributed by atoms with E-state index >= 15 is 0 Å². The molecule has 2 N–H and O–H groups in total. The van der Waals surface area contributed by atoms with Gasteiger partial charge in [-0.15, -0.1) is 5.10 Å². The maximum absolute atomic E-state index is 14.6. The van der Waals surface area contributed by atoms with Crippen LogP contribution in [0.5, 0.6) is 0 Å². The van der Waals surface area contributed by atoms with Gasteiger partial charge in [0.15, 0.2) is 5.82 Å². The van der Waals surface area contributed by atoms with Crippen molar-refractivity contribution in [2.24, 2.45) is 10.9 Å². The number of anilines is 1. The van der Waals surface area contributed by atoms with Crippen LogP contribution in [0, 0.1) is 11.7 Å². The molecule has 5 aromatic rings. The molecule has 1 aliphatic rings. The topological polar surface area (TPSA) is 191 Å². The van der Waals surface area contributed by atoms with Crippen LogP contribution in [0.15, 0.2) is 70.8 Å². The molecular formula is C43H57FN10O7. The summed E-state index contributed by atoms with van der Waals surface area (Å²) in [4.78, 5) is 42.0. The molecule has 6 rings (SSSR count). The van der Waals surface area contributed by atoms with Crippen molar-refractivity contribution in [1.29, 1.82) is 0 Å². The van der Waals surface area contributed by atoms with Gasteiger partial charge in [-0.1, -0.05) is 50.3 Å². The molecule has 2 aromatic carbocycles. The summed E-state index contributed by atoms with van der Waals surface area (Å²) in [5.41, 5.74) is 2.24. The first kappa shape index (κ1) is 46.5. The van der Waals surface area contributed by atoms with Gasteiger partial charge in [-0.25, -0.2) is 24.3 Å². The molecule has 0 saturated heterocycles. The Morgan fingerprint density at radius 1 is 0.885 bits per heavy atom. The third-order valence-electron chi connectivity index (χ3n) is 9.36. The highest BCUT2D eigenvalue weighted by molar-refractivity contribution is 5.79. The van der Waals surface area contributed by atoms with E-state index < -0.39 is 11.4 Å². The Morgan fingerprint density at radius 2 is 1.57 bits per heavy atom. The fourth-order valence-corrected chi connectivity index (χ4v) is 6.08. The molecule has 1 aliphatic heterocycles. The minimum atomic E-state index is -0.585. The Balaban J connectivity index is 0.000000231. The second-order valence-corrected chi connectivity index (χ2v) is 14.3. The van der Waals surface area contributed by atoms with Gasteiger partial charge in [0.2, 0.25) is 5.91 Å². The SMILES string of the molecule is CC[C@H](Nc1ncnc2c1CC=N2)c1nc2cccc(F)c2c(=O)n1-c1ccccc1.CNC(=O)CCOCCOCCOCCOCCOCc1cn(CCC(C)C)nn1. The number of nitrogens with one attached hydrogen (secondary N) is 2. The van der Waals surface area contributed by atoms with E-state index in [0.29, 0.717) is 120 Å². The minimum absolute atomic E-state index is 0.0266. The van der Waals surface area contributed by atoms with Gasteiger partial charge in [-0.3, -0.25) is 18.8 Å². The highest BCUT2D eigenvalue weighted by Gasteiger charge is 2.24. The zero-order valence-electron chi connectivity index (χ0n) is 35.4. The average molecular weight is 845 g/mol. The van der Waals surface area contributed by atoms with Gasteiger partial charge < -0.3 is 34.3 Å². The summed E-state index contributed by atoms with van der Waals surface area (Å²) in [5.74, 6) is 1.82. The summed E-state index contributed by atoms with van der Waals surface area (Å²) < 4.78 is 45.0. The first-order valence-corrected chi connectivity index (χ1v) is 20.7. The third-order valence-corrected chi connectivity index (χ3v) is 9.36. The summed E-state index contributed by atoms with van der Waals surface area (Å²) in [6, 6.07) is 13.3.